The zero-order valence-corrected chi connectivity index (χ0v) is 15.6. The van der Waals surface area contributed by atoms with Gasteiger partial charge < -0.3 is 14.1 Å². The summed E-state index contributed by atoms with van der Waals surface area (Å²) < 4.78 is 14.7. The Morgan fingerprint density at radius 2 is 1.73 bits per heavy atom. The lowest BCUT2D eigenvalue weighted by Gasteiger charge is -2.16. The van der Waals surface area contributed by atoms with Crippen LogP contribution in [0.2, 0.25) is 6.82 Å². The Labute approximate surface area is 154 Å². The van der Waals surface area contributed by atoms with Crippen molar-refractivity contribution < 1.29 is 28.5 Å². The lowest BCUT2D eigenvalue weighted by atomic mass is 9.63. The van der Waals surface area contributed by atoms with Crippen LogP contribution >= 0.6 is 0 Å². The average molecular weight is 361 g/mol. The molecule has 0 radical (unpaired) electrons. The molecule has 0 aliphatic rings. The van der Waals surface area contributed by atoms with Crippen LogP contribution in [0, 0.1) is 0 Å². The molecule has 0 heterocycles. The molecule has 1 aromatic rings. The third-order valence-electron chi connectivity index (χ3n) is 3.44. The molecule has 0 amide bonds. The second kappa shape index (κ2) is 11.1. The Hall–Kier alpha value is -2.61. The minimum absolute atomic E-state index is 0.0141. The summed E-state index contributed by atoms with van der Waals surface area (Å²) in [4.78, 5) is 35.9. The summed E-state index contributed by atoms with van der Waals surface area (Å²) in [7, 11) is 2.93. The highest BCUT2D eigenvalue weighted by Crippen LogP contribution is 2.02. The van der Waals surface area contributed by atoms with Crippen LogP contribution in [0.15, 0.2) is 30.3 Å². The highest BCUT2D eigenvalue weighted by molar-refractivity contribution is 6.67. The molecule has 0 saturated carbocycles. The van der Waals surface area contributed by atoms with Crippen molar-refractivity contribution in [1.29, 1.82) is 0 Å². The maximum absolute atomic E-state index is 11.9. The summed E-state index contributed by atoms with van der Waals surface area (Å²) >= 11 is 0. The van der Waals surface area contributed by atoms with Crippen molar-refractivity contribution in [1.82, 2.24) is 4.90 Å². The molecule has 26 heavy (non-hydrogen) atoms. The minimum atomic E-state index is -0.435. The SMILES string of the molecule is CCOC(=O)/C=C/c1ccc(B(C)OC(=O)CN(C)CC(=O)OC)cc1. The highest BCUT2D eigenvalue weighted by atomic mass is 16.5. The zero-order chi connectivity index (χ0) is 19.5. The Morgan fingerprint density at radius 3 is 2.31 bits per heavy atom. The van der Waals surface area contributed by atoms with E-state index in [0.29, 0.717) is 6.61 Å². The normalized spacial score (nSPS) is 10.7. The van der Waals surface area contributed by atoms with Gasteiger partial charge in [0, 0.05) is 6.08 Å². The van der Waals surface area contributed by atoms with Crippen LogP contribution in [0.1, 0.15) is 12.5 Å². The summed E-state index contributed by atoms with van der Waals surface area (Å²) in [5.74, 6) is -1.25. The molecule has 0 saturated heterocycles. The van der Waals surface area contributed by atoms with Crippen molar-refractivity contribution in [3.8, 4) is 0 Å². The maximum atomic E-state index is 11.9. The monoisotopic (exact) mass is 361 g/mol. The van der Waals surface area contributed by atoms with E-state index in [1.165, 1.54) is 18.1 Å². The van der Waals surface area contributed by atoms with E-state index in [2.05, 4.69) is 4.74 Å². The van der Waals surface area contributed by atoms with Crippen LogP contribution in [-0.4, -0.2) is 63.6 Å². The Morgan fingerprint density at radius 1 is 1.12 bits per heavy atom. The van der Waals surface area contributed by atoms with Gasteiger partial charge in [-0.2, -0.15) is 0 Å². The van der Waals surface area contributed by atoms with Crippen LogP contribution in [-0.2, 0) is 28.5 Å². The molecule has 0 fully saturated rings. The number of hydrogen-bond acceptors (Lipinski definition) is 7. The number of methoxy groups -OCH3 is 1. The smallest absolute Gasteiger partial charge is 0.392 e. The van der Waals surface area contributed by atoms with Crippen molar-refractivity contribution in [2.24, 2.45) is 0 Å². The van der Waals surface area contributed by atoms with Crippen LogP contribution in [0.5, 0.6) is 0 Å². The van der Waals surface area contributed by atoms with Gasteiger partial charge in [-0.15, -0.1) is 0 Å². The van der Waals surface area contributed by atoms with Crippen molar-refractivity contribution in [3.63, 3.8) is 0 Å². The Kier molecular flexibility index (Phi) is 9.15. The molecule has 0 bridgehead atoms. The number of ether oxygens (including phenoxy) is 2. The molecule has 1 aromatic carbocycles. The molecular weight excluding hydrogens is 337 g/mol. The fourth-order valence-corrected chi connectivity index (χ4v) is 2.10. The number of benzene rings is 1. The number of rotatable bonds is 9. The third-order valence-corrected chi connectivity index (χ3v) is 3.44. The van der Waals surface area contributed by atoms with Gasteiger partial charge in [-0.05, 0) is 37.9 Å². The van der Waals surface area contributed by atoms with Crippen molar-refractivity contribution in [2.75, 3.05) is 33.9 Å². The Bertz CT molecular complexity index is 644. The van der Waals surface area contributed by atoms with Crippen molar-refractivity contribution in [3.05, 3.63) is 35.9 Å². The first kappa shape index (κ1) is 21.4. The second-order valence-corrected chi connectivity index (χ2v) is 5.63. The van der Waals surface area contributed by atoms with Crippen molar-refractivity contribution >= 4 is 36.4 Å². The summed E-state index contributed by atoms with van der Waals surface area (Å²) in [5.41, 5.74) is 1.65. The van der Waals surface area contributed by atoms with E-state index >= 15 is 0 Å². The van der Waals surface area contributed by atoms with Crippen LogP contribution in [0.3, 0.4) is 0 Å². The fourth-order valence-electron chi connectivity index (χ4n) is 2.10. The van der Waals surface area contributed by atoms with Gasteiger partial charge in [0.1, 0.15) is 0 Å². The van der Waals surface area contributed by atoms with Gasteiger partial charge in [0.2, 0.25) is 0 Å². The second-order valence-electron chi connectivity index (χ2n) is 5.63. The molecular formula is C18H24BNO6. The van der Waals surface area contributed by atoms with Gasteiger partial charge in [0.05, 0.1) is 26.8 Å². The van der Waals surface area contributed by atoms with Crippen LogP contribution in [0.25, 0.3) is 6.08 Å². The summed E-state index contributed by atoms with van der Waals surface area (Å²) in [5, 5.41) is 0. The number of hydrogen-bond donors (Lipinski definition) is 0. The van der Waals surface area contributed by atoms with Gasteiger partial charge in [-0.25, -0.2) is 4.79 Å². The van der Waals surface area contributed by atoms with Crippen LogP contribution in [0.4, 0.5) is 0 Å². The summed E-state index contributed by atoms with van der Waals surface area (Å²) in [6, 6.07) is 7.28. The van der Waals surface area contributed by atoms with E-state index in [9.17, 15) is 14.4 Å². The minimum Gasteiger partial charge on any atom is -0.530 e. The summed E-state index contributed by atoms with van der Waals surface area (Å²) in [6.07, 6.45) is 3.01. The lowest BCUT2D eigenvalue weighted by Crippen LogP contribution is -2.38. The van der Waals surface area contributed by atoms with Gasteiger partial charge in [-0.1, -0.05) is 24.3 Å². The largest absolute Gasteiger partial charge is 0.530 e. The molecule has 0 aliphatic carbocycles. The standard InChI is InChI=1S/C18H24BNO6/c1-5-25-16(21)11-8-14-6-9-15(10-7-14)19(2)26-18(23)13-20(3)12-17(22)24-4/h6-11H,5,12-13H2,1-4H3/b11-8+. The molecule has 0 aromatic heterocycles. The molecule has 0 spiro atoms. The summed E-state index contributed by atoms with van der Waals surface area (Å²) in [6.45, 7) is 3.41. The van der Waals surface area contributed by atoms with E-state index in [1.807, 2.05) is 24.3 Å². The number of carbonyl (C=O) groups is 3. The number of esters is 2. The van der Waals surface area contributed by atoms with E-state index in [0.717, 1.165) is 11.0 Å². The molecule has 140 valence electrons. The number of likely N-dealkylation sites (N-methyl/N-ethyl adjacent to an activating group) is 1. The van der Waals surface area contributed by atoms with Gasteiger partial charge >= 0.3 is 24.8 Å². The molecule has 0 unspecified atom stereocenters. The first-order valence-electron chi connectivity index (χ1n) is 8.25. The van der Waals surface area contributed by atoms with E-state index < -0.39 is 24.8 Å². The Balaban J connectivity index is 2.54. The van der Waals surface area contributed by atoms with Gasteiger partial charge in [0.25, 0.3) is 0 Å². The lowest BCUT2D eigenvalue weighted by molar-refractivity contribution is -0.143. The first-order valence-corrected chi connectivity index (χ1v) is 8.25. The van der Waals surface area contributed by atoms with Crippen LogP contribution < -0.4 is 5.46 Å². The van der Waals surface area contributed by atoms with E-state index in [1.54, 1.807) is 26.9 Å². The van der Waals surface area contributed by atoms with E-state index in [4.69, 9.17) is 9.39 Å². The highest BCUT2D eigenvalue weighted by Gasteiger charge is 2.19. The molecule has 0 aliphatic heterocycles. The molecule has 0 atom stereocenters. The fraction of sp³-hybridized carbons (Fsp3) is 0.389. The van der Waals surface area contributed by atoms with Gasteiger partial charge in [0.15, 0.2) is 0 Å². The quantitative estimate of drug-likeness (QED) is 0.365. The number of nitrogens with zero attached hydrogens (tertiary/aromatic N) is 1. The first-order chi connectivity index (χ1) is 12.3. The molecule has 0 N–H and O–H groups in total. The molecule has 1 rings (SSSR count). The third kappa shape index (κ3) is 7.98. The topological polar surface area (TPSA) is 82.1 Å². The zero-order valence-electron chi connectivity index (χ0n) is 15.6. The molecule has 8 heteroatoms. The molecule has 7 nitrogen and oxygen atoms in total. The number of carbonyl (C=O) groups excluding carboxylic acids is 3. The van der Waals surface area contributed by atoms with Gasteiger partial charge in [-0.3, -0.25) is 14.5 Å². The average Bonchev–Trinajstić information content (AvgIpc) is 2.60. The van der Waals surface area contributed by atoms with E-state index in [-0.39, 0.29) is 13.1 Å². The predicted molar refractivity (Wildman–Crippen MR) is 99.0 cm³/mol. The van der Waals surface area contributed by atoms with Crippen molar-refractivity contribution in [2.45, 2.75) is 13.7 Å². The maximum Gasteiger partial charge on any atom is 0.392 e. The predicted octanol–water partition coefficient (Wildman–Crippen LogP) is 0.739.